The molecule has 1 aliphatic carbocycles. The van der Waals surface area contributed by atoms with Crippen molar-refractivity contribution in [1.29, 1.82) is 5.26 Å². The third kappa shape index (κ3) is 5.25. The summed E-state index contributed by atoms with van der Waals surface area (Å²) in [5.41, 5.74) is 8.19. The molecule has 1 aliphatic rings. The van der Waals surface area contributed by atoms with E-state index in [2.05, 4.69) is 16.0 Å². The molecule has 1 fully saturated rings. The molecule has 0 bridgehead atoms. The summed E-state index contributed by atoms with van der Waals surface area (Å²) in [5.74, 6) is 1.48. The normalized spacial score (nSPS) is 18.2. The van der Waals surface area contributed by atoms with E-state index < -0.39 is 0 Å². The molecule has 166 valence electrons. The zero-order valence-electron chi connectivity index (χ0n) is 17.7. The monoisotopic (exact) mass is 434 g/mol. The largest absolute Gasteiger partial charge is 0.487 e. The fraction of sp³-hybridized carbons (Fsp3) is 0.375. The molecule has 1 aromatic heterocycles. The van der Waals surface area contributed by atoms with Gasteiger partial charge in [0.05, 0.1) is 29.1 Å². The van der Waals surface area contributed by atoms with Crippen LogP contribution < -0.4 is 19.9 Å². The first-order valence-corrected chi connectivity index (χ1v) is 10.7. The molecule has 8 nitrogen and oxygen atoms in total. The molecular formula is C24H26N4O4. The number of rotatable bonds is 8. The van der Waals surface area contributed by atoms with Crippen molar-refractivity contribution in [3.8, 4) is 23.4 Å². The second-order valence-electron chi connectivity index (χ2n) is 7.82. The van der Waals surface area contributed by atoms with Crippen LogP contribution in [0.4, 0.5) is 0 Å². The van der Waals surface area contributed by atoms with Crippen LogP contribution in [0.3, 0.4) is 0 Å². The summed E-state index contributed by atoms with van der Waals surface area (Å²) < 4.78 is 17.9. The number of fused-ring (bicyclic) bond motifs is 1. The van der Waals surface area contributed by atoms with Crippen molar-refractivity contribution in [3.05, 3.63) is 53.9 Å². The van der Waals surface area contributed by atoms with Gasteiger partial charge in [0.25, 0.3) is 0 Å². The first-order chi connectivity index (χ1) is 15.7. The lowest BCUT2D eigenvalue weighted by Crippen LogP contribution is -2.31. The van der Waals surface area contributed by atoms with Crippen molar-refractivity contribution in [3.63, 3.8) is 0 Å². The van der Waals surface area contributed by atoms with Crippen molar-refractivity contribution < 1.29 is 19.3 Å². The van der Waals surface area contributed by atoms with Crippen LogP contribution in [0.1, 0.15) is 36.8 Å². The lowest BCUT2D eigenvalue weighted by Gasteiger charge is -2.26. The van der Waals surface area contributed by atoms with Crippen LogP contribution in [-0.2, 0) is 6.61 Å². The fourth-order valence-electron chi connectivity index (χ4n) is 3.72. The summed E-state index contributed by atoms with van der Waals surface area (Å²) in [6, 6.07) is 13.1. The van der Waals surface area contributed by atoms with Crippen LogP contribution in [0, 0.1) is 11.3 Å². The molecule has 0 amide bonds. The number of aliphatic hydroxyl groups excluding tert-OH is 1. The minimum atomic E-state index is -0.121. The zero-order chi connectivity index (χ0) is 22.3. The molecular weight excluding hydrogens is 408 g/mol. The van der Waals surface area contributed by atoms with Crippen molar-refractivity contribution in [2.75, 3.05) is 13.2 Å². The molecule has 2 aromatic carbocycles. The van der Waals surface area contributed by atoms with Gasteiger partial charge in [0, 0.05) is 12.1 Å². The number of nitrogens with two attached hydrogens (primary N) is 1. The van der Waals surface area contributed by atoms with Gasteiger partial charge < -0.3 is 25.1 Å². The van der Waals surface area contributed by atoms with Gasteiger partial charge in [0.1, 0.15) is 25.6 Å². The Morgan fingerprint density at radius 3 is 2.50 bits per heavy atom. The van der Waals surface area contributed by atoms with Crippen LogP contribution >= 0.6 is 0 Å². The first kappa shape index (κ1) is 21.8. The van der Waals surface area contributed by atoms with E-state index in [9.17, 15) is 5.11 Å². The molecule has 0 atom stereocenters. The maximum Gasteiger partial charge on any atom is 0.224 e. The predicted molar refractivity (Wildman–Crippen MR) is 118 cm³/mol. The zero-order valence-corrected chi connectivity index (χ0v) is 17.7. The van der Waals surface area contributed by atoms with Crippen LogP contribution in [0.25, 0.3) is 10.9 Å². The smallest absolute Gasteiger partial charge is 0.224 e. The second kappa shape index (κ2) is 10.3. The summed E-state index contributed by atoms with van der Waals surface area (Å²) in [7, 11) is 0. The van der Waals surface area contributed by atoms with Gasteiger partial charge in [-0.15, -0.1) is 0 Å². The molecule has 0 aliphatic heterocycles. The molecule has 3 aromatic rings. The van der Waals surface area contributed by atoms with Gasteiger partial charge >= 0.3 is 0 Å². The Hall–Kier alpha value is -3.41. The molecule has 0 unspecified atom stereocenters. The Morgan fingerprint density at radius 2 is 1.78 bits per heavy atom. The topological polar surface area (TPSA) is 124 Å². The Balaban J connectivity index is 1.58. The van der Waals surface area contributed by atoms with E-state index in [1.165, 1.54) is 6.33 Å². The van der Waals surface area contributed by atoms with Gasteiger partial charge in [-0.25, -0.2) is 9.97 Å². The van der Waals surface area contributed by atoms with Gasteiger partial charge in [0.2, 0.25) is 5.88 Å². The van der Waals surface area contributed by atoms with Crippen LogP contribution in [-0.4, -0.2) is 40.4 Å². The SMILES string of the molecule is N#Cc1ccc(COc2cc3ncnc(OC4CCC(N)CC4)c3cc2OCCO)cc1. The average molecular weight is 434 g/mol. The first-order valence-electron chi connectivity index (χ1n) is 10.7. The number of benzene rings is 2. The lowest BCUT2D eigenvalue weighted by molar-refractivity contribution is 0.143. The van der Waals surface area contributed by atoms with E-state index in [0.29, 0.717) is 35.1 Å². The summed E-state index contributed by atoms with van der Waals surface area (Å²) in [6.45, 7) is 0.302. The number of nitriles is 1. The van der Waals surface area contributed by atoms with Crippen LogP contribution in [0.15, 0.2) is 42.7 Å². The van der Waals surface area contributed by atoms with Gasteiger partial charge in [-0.2, -0.15) is 5.26 Å². The number of hydrogen-bond donors (Lipinski definition) is 2. The molecule has 0 spiro atoms. The molecule has 0 radical (unpaired) electrons. The second-order valence-corrected chi connectivity index (χ2v) is 7.82. The van der Waals surface area contributed by atoms with E-state index >= 15 is 0 Å². The third-order valence-electron chi connectivity index (χ3n) is 5.49. The van der Waals surface area contributed by atoms with Gasteiger partial charge in [0.15, 0.2) is 11.5 Å². The quantitative estimate of drug-likeness (QED) is 0.554. The highest BCUT2D eigenvalue weighted by molar-refractivity contribution is 5.86. The third-order valence-corrected chi connectivity index (χ3v) is 5.49. The highest BCUT2D eigenvalue weighted by Crippen LogP contribution is 2.36. The molecule has 0 saturated heterocycles. The summed E-state index contributed by atoms with van der Waals surface area (Å²) in [5, 5.41) is 18.9. The average Bonchev–Trinajstić information content (AvgIpc) is 2.83. The molecule has 8 heteroatoms. The van der Waals surface area contributed by atoms with Crippen LogP contribution in [0.5, 0.6) is 17.4 Å². The summed E-state index contributed by atoms with van der Waals surface area (Å²) >= 11 is 0. The minimum Gasteiger partial charge on any atom is -0.487 e. The van der Waals surface area contributed by atoms with Crippen LogP contribution in [0.2, 0.25) is 0 Å². The maximum atomic E-state index is 9.23. The number of ether oxygens (including phenoxy) is 3. The van der Waals surface area contributed by atoms with E-state index in [1.807, 2.05) is 12.1 Å². The molecule has 4 rings (SSSR count). The number of hydrogen-bond acceptors (Lipinski definition) is 8. The van der Waals surface area contributed by atoms with Crippen molar-refractivity contribution in [1.82, 2.24) is 9.97 Å². The lowest BCUT2D eigenvalue weighted by atomic mass is 9.94. The molecule has 3 N–H and O–H groups in total. The molecule has 32 heavy (non-hydrogen) atoms. The Kier molecular flexibility index (Phi) is 7.00. The van der Waals surface area contributed by atoms with Gasteiger partial charge in [-0.05, 0) is 49.4 Å². The highest BCUT2D eigenvalue weighted by atomic mass is 16.5. The van der Waals surface area contributed by atoms with Gasteiger partial charge in [-0.1, -0.05) is 12.1 Å². The van der Waals surface area contributed by atoms with E-state index in [0.717, 1.165) is 36.6 Å². The molecule has 1 heterocycles. The highest BCUT2D eigenvalue weighted by Gasteiger charge is 2.22. The standard InChI is InChI=1S/C24H26N4O4/c25-13-16-1-3-17(4-2-16)14-31-23-12-21-20(11-22(23)30-10-9-29)24(28-15-27-21)32-19-7-5-18(26)6-8-19/h1-4,11-12,15,18-19,29H,5-10,14,26H2. The van der Waals surface area contributed by atoms with Gasteiger partial charge in [-0.3, -0.25) is 0 Å². The van der Waals surface area contributed by atoms with Crippen molar-refractivity contribution >= 4 is 10.9 Å². The Labute approximate surface area is 186 Å². The molecule has 1 saturated carbocycles. The number of aliphatic hydroxyl groups is 1. The fourth-order valence-corrected chi connectivity index (χ4v) is 3.72. The Bertz CT molecular complexity index is 1090. The van der Waals surface area contributed by atoms with E-state index in [1.54, 1.807) is 24.3 Å². The summed E-state index contributed by atoms with van der Waals surface area (Å²) in [4.78, 5) is 8.72. The minimum absolute atomic E-state index is 0.0713. The van der Waals surface area contributed by atoms with E-state index in [4.69, 9.17) is 25.2 Å². The van der Waals surface area contributed by atoms with Crippen molar-refractivity contribution in [2.24, 2.45) is 5.73 Å². The summed E-state index contributed by atoms with van der Waals surface area (Å²) in [6.07, 6.45) is 5.21. The van der Waals surface area contributed by atoms with Crippen molar-refractivity contribution in [2.45, 2.75) is 44.4 Å². The van der Waals surface area contributed by atoms with E-state index in [-0.39, 0.29) is 25.4 Å². The Morgan fingerprint density at radius 1 is 1.03 bits per heavy atom. The number of aromatic nitrogens is 2. The maximum absolute atomic E-state index is 9.23. The number of nitrogens with zero attached hydrogens (tertiary/aromatic N) is 3. The predicted octanol–water partition coefficient (Wildman–Crippen LogP) is 3.10.